The molecule has 1 amide bonds. The van der Waals surface area contributed by atoms with Gasteiger partial charge in [0.15, 0.2) is 0 Å². The van der Waals surface area contributed by atoms with Crippen molar-refractivity contribution in [3.63, 3.8) is 0 Å². The fourth-order valence-electron chi connectivity index (χ4n) is 3.02. The second-order valence-electron chi connectivity index (χ2n) is 6.18. The van der Waals surface area contributed by atoms with E-state index in [4.69, 9.17) is 4.74 Å². The van der Waals surface area contributed by atoms with Crippen LogP contribution >= 0.6 is 0 Å². The molecular formula is C17H23N3O4S. The van der Waals surface area contributed by atoms with Crippen LogP contribution < -0.4 is 4.72 Å². The molecule has 3 rings (SSSR count). The Morgan fingerprint density at radius 2 is 2.04 bits per heavy atom. The van der Waals surface area contributed by atoms with Crippen LogP contribution in [-0.2, 0) is 19.6 Å². The summed E-state index contributed by atoms with van der Waals surface area (Å²) in [5, 5.41) is 0. The SMILES string of the molecule is CCCC[C@H](N=C1NS(=O)(=O)c2ccccc21)C(=O)N1CCOCC1. The molecule has 0 unspecified atom stereocenters. The molecule has 1 aromatic rings. The van der Waals surface area contributed by atoms with Gasteiger partial charge in [-0.05, 0) is 18.6 Å². The normalized spacial score (nSPS) is 21.6. The maximum atomic E-state index is 12.9. The third-order valence-electron chi connectivity index (χ3n) is 4.39. The van der Waals surface area contributed by atoms with E-state index in [1.807, 2.05) is 0 Å². The third kappa shape index (κ3) is 3.85. The quantitative estimate of drug-likeness (QED) is 0.848. The number of hydrogen-bond acceptors (Lipinski definition) is 5. The first kappa shape index (κ1) is 17.9. The van der Waals surface area contributed by atoms with Crippen LogP contribution in [-0.4, -0.2) is 57.4 Å². The molecule has 2 heterocycles. The molecule has 0 saturated carbocycles. The highest BCUT2D eigenvalue weighted by molar-refractivity contribution is 7.90. The first-order chi connectivity index (χ1) is 12.0. The number of amidine groups is 1. The van der Waals surface area contributed by atoms with Gasteiger partial charge in [0, 0.05) is 18.7 Å². The topological polar surface area (TPSA) is 88.1 Å². The molecule has 8 heteroatoms. The number of carbonyl (C=O) groups is 1. The highest BCUT2D eigenvalue weighted by atomic mass is 32.2. The molecule has 136 valence electrons. The van der Waals surface area contributed by atoms with Gasteiger partial charge in [-0.25, -0.2) is 8.42 Å². The van der Waals surface area contributed by atoms with Crippen molar-refractivity contribution in [3.05, 3.63) is 29.8 Å². The van der Waals surface area contributed by atoms with E-state index in [0.29, 0.717) is 38.3 Å². The molecule has 0 aliphatic carbocycles. The largest absolute Gasteiger partial charge is 0.378 e. The summed E-state index contributed by atoms with van der Waals surface area (Å²) in [6.45, 7) is 4.21. The Morgan fingerprint density at radius 1 is 1.32 bits per heavy atom. The number of nitrogens with one attached hydrogen (secondary N) is 1. The summed E-state index contributed by atoms with van der Waals surface area (Å²) in [5.41, 5.74) is 0.527. The molecule has 1 atom stereocenters. The summed E-state index contributed by atoms with van der Waals surface area (Å²) in [7, 11) is -3.60. The van der Waals surface area contributed by atoms with Crippen LogP contribution in [0.1, 0.15) is 31.7 Å². The first-order valence-corrected chi connectivity index (χ1v) is 10.1. The summed E-state index contributed by atoms with van der Waals surface area (Å²) in [6, 6.07) is 6.12. The lowest BCUT2D eigenvalue weighted by atomic mass is 10.1. The number of unbranched alkanes of at least 4 members (excludes halogenated alkanes) is 1. The zero-order valence-corrected chi connectivity index (χ0v) is 15.1. The first-order valence-electron chi connectivity index (χ1n) is 8.59. The van der Waals surface area contributed by atoms with Gasteiger partial charge in [0.1, 0.15) is 11.9 Å². The van der Waals surface area contributed by atoms with Crippen molar-refractivity contribution in [2.24, 2.45) is 4.99 Å². The molecule has 1 fully saturated rings. The summed E-state index contributed by atoms with van der Waals surface area (Å²) >= 11 is 0. The van der Waals surface area contributed by atoms with Crippen LogP contribution in [0.4, 0.5) is 0 Å². The minimum atomic E-state index is -3.60. The van der Waals surface area contributed by atoms with E-state index in [1.165, 1.54) is 0 Å². The smallest absolute Gasteiger partial charge is 0.263 e. The van der Waals surface area contributed by atoms with Crippen LogP contribution in [0.15, 0.2) is 34.2 Å². The predicted octanol–water partition coefficient (Wildman–Crippen LogP) is 1.14. The number of ether oxygens (including phenoxy) is 1. The van der Waals surface area contributed by atoms with Gasteiger partial charge in [0.05, 0.1) is 18.1 Å². The third-order valence-corrected chi connectivity index (χ3v) is 5.78. The Balaban J connectivity index is 1.89. The molecule has 7 nitrogen and oxygen atoms in total. The number of morpholine rings is 1. The molecule has 0 radical (unpaired) electrons. The summed E-state index contributed by atoms with van der Waals surface area (Å²) < 4.78 is 32.2. The average molecular weight is 365 g/mol. The minimum absolute atomic E-state index is 0.0622. The van der Waals surface area contributed by atoms with E-state index < -0.39 is 16.1 Å². The number of fused-ring (bicyclic) bond motifs is 1. The zero-order chi connectivity index (χ0) is 17.9. The van der Waals surface area contributed by atoms with Gasteiger partial charge >= 0.3 is 0 Å². The van der Waals surface area contributed by atoms with Gasteiger partial charge in [-0.2, -0.15) is 0 Å². The summed E-state index contributed by atoms with van der Waals surface area (Å²) in [6.07, 6.45) is 2.39. The number of rotatable bonds is 5. The lowest BCUT2D eigenvalue weighted by Crippen LogP contribution is -2.45. The van der Waals surface area contributed by atoms with Crippen LogP contribution in [0.25, 0.3) is 0 Å². The van der Waals surface area contributed by atoms with Crippen LogP contribution in [0, 0.1) is 0 Å². The molecule has 1 saturated heterocycles. The van der Waals surface area contributed by atoms with E-state index in [-0.39, 0.29) is 16.6 Å². The highest BCUT2D eigenvalue weighted by Crippen LogP contribution is 2.23. The predicted molar refractivity (Wildman–Crippen MR) is 94.0 cm³/mol. The second kappa shape index (κ2) is 7.53. The van der Waals surface area contributed by atoms with Crippen LogP contribution in [0.5, 0.6) is 0 Å². The van der Waals surface area contributed by atoms with Crippen molar-refractivity contribution < 1.29 is 17.9 Å². The second-order valence-corrected chi connectivity index (χ2v) is 7.83. The van der Waals surface area contributed by atoms with Crippen molar-refractivity contribution in [1.82, 2.24) is 9.62 Å². The minimum Gasteiger partial charge on any atom is -0.378 e. The highest BCUT2D eigenvalue weighted by Gasteiger charge is 2.32. The van der Waals surface area contributed by atoms with E-state index in [2.05, 4.69) is 16.6 Å². The number of nitrogens with zero attached hydrogens (tertiary/aromatic N) is 2. The molecule has 2 aliphatic rings. The van der Waals surface area contributed by atoms with Crippen molar-refractivity contribution in [2.75, 3.05) is 26.3 Å². The Hall–Kier alpha value is -1.93. The van der Waals surface area contributed by atoms with Gasteiger partial charge in [-0.3, -0.25) is 14.5 Å². The number of benzene rings is 1. The van der Waals surface area contributed by atoms with E-state index >= 15 is 0 Å². The van der Waals surface area contributed by atoms with Crippen molar-refractivity contribution in [2.45, 2.75) is 37.1 Å². The monoisotopic (exact) mass is 365 g/mol. The number of carbonyl (C=O) groups excluding carboxylic acids is 1. The average Bonchev–Trinajstić information content (AvgIpc) is 2.89. The summed E-state index contributed by atoms with van der Waals surface area (Å²) in [5.74, 6) is 0.200. The van der Waals surface area contributed by atoms with E-state index in [0.717, 1.165) is 12.8 Å². The molecular weight excluding hydrogens is 342 g/mol. The zero-order valence-electron chi connectivity index (χ0n) is 14.3. The molecule has 1 aromatic carbocycles. The van der Waals surface area contributed by atoms with Crippen molar-refractivity contribution in [3.8, 4) is 0 Å². The molecule has 2 aliphatic heterocycles. The van der Waals surface area contributed by atoms with Crippen LogP contribution in [0.2, 0.25) is 0 Å². The molecule has 25 heavy (non-hydrogen) atoms. The fourth-order valence-corrected chi connectivity index (χ4v) is 4.26. The van der Waals surface area contributed by atoms with Gasteiger partial charge in [0.2, 0.25) is 5.91 Å². The van der Waals surface area contributed by atoms with E-state index in [9.17, 15) is 13.2 Å². The molecule has 0 bridgehead atoms. The lowest BCUT2D eigenvalue weighted by molar-refractivity contribution is -0.136. The molecule has 0 aromatic heterocycles. The van der Waals surface area contributed by atoms with Gasteiger partial charge in [0.25, 0.3) is 10.0 Å². The summed E-state index contributed by atoms with van der Waals surface area (Å²) in [4.78, 5) is 19.3. The van der Waals surface area contributed by atoms with E-state index in [1.54, 1.807) is 29.2 Å². The standard InChI is InChI=1S/C17H23N3O4S/c1-2-3-7-14(17(21)20-9-11-24-12-10-20)18-16-13-6-4-5-8-15(13)25(22,23)19-16/h4-6,8,14H,2-3,7,9-12H2,1H3,(H,18,19)/t14-/m0/s1. The maximum absolute atomic E-state index is 12.9. The Morgan fingerprint density at radius 3 is 2.76 bits per heavy atom. The van der Waals surface area contributed by atoms with Crippen molar-refractivity contribution >= 4 is 21.8 Å². The van der Waals surface area contributed by atoms with Gasteiger partial charge in [-0.1, -0.05) is 31.9 Å². The Bertz CT molecular complexity index is 770. The Labute approximate surface area is 148 Å². The number of amides is 1. The molecule has 1 N–H and O–H groups in total. The van der Waals surface area contributed by atoms with Gasteiger partial charge in [-0.15, -0.1) is 0 Å². The number of sulfonamides is 1. The fraction of sp³-hybridized carbons (Fsp3) is 0.529. The Kier molecular flexibility index (Phi) is 5.39. The van der Waals surface area contributed by atoms with Gasteiger partial charge < -0.3 is 9.64 Å². The maximum Gasteiger partial charge on any atom is 0.263 e. The number of aliphatic imine (C=N–C) groups is 1. The molecule has 0 spiro atoms. The number of hydrogen-bond donors (Lipinski definition) is 1. The lowest BCUT2D eigenvalue weighted by Gasteiger charge is -2.29. The van der Waals surface area contributed by atoms with Crippen LogP contribution in [0.3, 0.4) is 0 Å². The van der Waals surface area contributed by atoms with Crippen molar-refractivity contribution in [1.29, 1.82) is 0 Å².